The lowest BCUT2D eigenvalue weighted by Gasteiger charge is -2.10. The molecule has 0 radical (unpaired) electrons. The summed E-state index contributed by atoms with van der Waals surface area (Å²) in [7, 11) is 0. The van der Waals surface area contributed by atoms with Crippen molar-refractivity contribution in [1.82, 2.24) is 0 Å². The van der Waals surface area contributed by atoms with Gasteiger partial charge in [-0.15, -0.1) is 0 Å². The van der Waals surface area contributed by atoms with E-state index in [0.717, 1.165) is 30.5 Å². The van der Waals surface area contributed by atoms with Crippen LogP contribution in [0.1, 0.15) is 18.4 Å². The third kappa shape index (κ3) is 3.55. The summed E-state index contributed by atoms with van der Waals surface area (Å²) in [6.45, 7) is 1.39. The fraction of sp³-hybridized carbons (Fsp3) is 0.500. The number of rotatable bonds is 5. The lowest BCUT2D eigenvalue weighted by Crippen LogP contribution is -2.22. The monoisotopic (exact) mass is 249 g/mol. The van der Waals surface area contributed by atoms with Crippen LogP contribution in [-0.4, -0.2) is 30.8 Å². The van der Waals surface area contributed by atoms with Crippen LogP contribution in [0, 0.1) is 5.92 Å². The van der Waals surface area contributed by atoms with Gasteiger partial charge in [0.1, 0.15) is 0 Å². The fourth-order valence-electron chi connectivity index (χ4n) is 2.07. The number of benzene rings is 1. The Bertz CT molecular complexity index is 400. The molecule has 1 aliphatic rings. The van der Waals surface area contributed by atoms with Crippen molar-refractivity contribution < 1.29 is 14.6 Å². The number of carbonyl (C=O) groups excluding carboxylic acids is 1. The van der Waals surface area contributed by atoms with Gasteiger partial charge in [-0.05, 0) is 37.0 Å². The van der Waals surface area contributed by atoms with E-state index in [0.29, 0.717) is 13.2 Å². The second-order valence-electron chi connectivity index (χ2n) is 4.58. The number of hydrogen-bond acceptors (Lipinski definition) is 3. The molecule has 4 nitrogen and oxygen atoms in total. The summed E-state index contributed by atoms with van der Waals surface area (Å²) in [6, 6.07) is 7.77. The summed E-state index contributed by atoms with van der Waals surface area (Å²) >= 11 is 0. The number of hydrogen-bond donors (Lipinski definition) is 2. The van der Waals surface area contributed by atoms with Crippen LogP contribution in [0.2, 0.25) is 0 Å². The van der Waals surface area contributed by atoms with E-state index in [4.69, 9.17) is 9.84 Å². The van der Waals surface area contributed by atoms with Crippen molar-refractivity contribution in [3.63, 3.8) is 0 Å². The average Bonchev–Trinajstić information content (AvgIpc) is 2.91. The minimum absolute atomic E-state index is 0.0221. The van der Waals surface area contributed by atoms with Gasteiger partial charge in [0.25, 0.3) is 0 Å². The second kappa shape index (κ2) is 6.52. The normalized spacial score (nSPS) is 18.8. The highest BCUT2D eigenvalue weighted by molar-refractivity contribution is 5.92. The van der Waals surface area contributed by atoms with Gasteiger partial charge in [-0.3, -0.25) is 4.79 Å². The van der Waals surface area contributed by atoms with Crippen molar-refractivity contribution in [3.8, 4) is 0 Å². The van der Waals surface area contributed by atoms with Crippen LogP contribution in [0.25, 0.3) is 0 Å². The van der Waals surface area contributed by atoms with E-state index in [1.54, 1.807) is 0 Å². The molecule has 0 saturated carbocycles. The molecule has 4 heteroatoms. The van der Waals surface area contributed by atoms with E-state index in [9.17, 15) is 4.79 Å². The first kappa shape index (κ1) is 13.1. The number of aliphatic hydroxyl groups is 1. The number of aryl methyl sites for hydroxylation is 1. The second-order valence-corrected chi connectivity index (χ2v) is 4.58. The van der Waals surface area contributed by atoms with Crippen LogP contribution < -0.4 is 5.32 Å². The number of carbonyl (C=O) groups is 1. The molecule has 1 aromatic carbocycles. The summed E-state index contributed by atoms with van der Waals surface area (Å²) in [4.78, 5) is 11.9. The number of aliphatic hydroxyl groups excluding tert-OH is 1. The molecular weight excluding hydrogens is 230 g/mol. The van der Waals surface area contributed by atoms with E-state index in [-0.39, 0.29) is 18.4 Å². The fourth-order valence-corrected chi connectivity index (χ4v) is 2.07. The Morgan fingerprint density at radius 1 is 1.50 bits per heavy atom. The van der Waals surface area contributed by atoms with Crippen molar-refractivity contribution in [2.24, 2.45) is 5.92 Å². The Balaban J connectivity index is 1.93. The van der Waals surface area contributed by atoms with Crippen LogP contribution in [0.3, 0.4) is 0 Å². The summed E-state index contributed by atoms with van der Waals surface area (Å²) in [6.07, 6.45) is 2.37. The third-order valence-electron chi connectivity index (χ3n) is 3.12. The Kier molecular flexibility index (Phi) is 4.73. The van der Waals surface area contributed by atoms with Gasteiger partial charge in [0.05, 0.1) is 12.5 Å². The van der Waals surface area contributed by atoms with Gasteiger partial charge in [0, 0.05) is 18.9 Å². The predicted octanol–water partition coefficient (Wildman–Crippen LogP) is 1.59. The number of nitrogens with one attached hydrogen (secondary N) is 1. The van der Waals surface area contributed by atoms with Gasteiger partial charge in [-0.2, -0.15) is 0 Å². The Morgan fingerprint density at radius 2 is 2.39 bits per heavy atom. The third-order valence-corrected chi connectivity index (χ3v) is 3.12. The molecular formula is C14H19NO3. The highest BCUT2D eigenvalue weighted by atomic mass is 16.5. The lowest BCUT2D eigenvalue weighted by atomic mass is 10.1. The minimum Gasteiger partial charge on any atom is -0.396 e. The first-order chi connectivity index (χ1) is 8.79. The average molecular weight is 249 g/mol. The summed E-state index contributed by atoms with van der Waals surface area (Å²) in [5.41, 5.74) is 1.95. The molecule has 0 bridgehead atoms. The first-order valence-corrected chi connectivity index (χ1v) is 6.38. The summed E-state index contributed by atoms with van der Waals surface area (Å²) in [5.74, 6) is 0.0120. The van der Waals surface area contributed by atoms with Crippen LogP contribution in [0.15, 0.2) is 24.3 Å². The van der Waals surface area contributed by atoms with E-state index in [2.05, 4.69) is 5.32 Å². The Hall–Kier alpha value is -1.39. The van der Waals surface area contributed by atoms with E-state index >= 15 is 0 Å². The molecule has 0 spiro atoms. The Labute approximate surface area is 107 Å². The maximum atomic E-state index is 11.9. The molecule has 2 rings (SSSR count). The van der Waals surface area contributed by atoms with Gasteiger partial charge >= 0.3 is 0 Å². The number of ether oxygens (including phenoxy) is 1. The molecule has 1 amide bonds. The predicted molar refractivity (Wildman–Crippen MR) is 69.4 cm³/mol. The van der Waals surface area contributed by atoms with Crippen molar-refractivity contribution >= 4 is 11.6 Å². The maximum Gasteiger partial charge on any atom is 0.229 e. The van der Waals surface area contributed by atoms with Gasteiger partial charge in [0.15, 0.2) is 0 Å². The zero-order valence-corrected chi connectivity index (χ0v) is 10.4. The van der Waals surface area contributed by atoms with E-state index in [1.807, 2.05) is 24.3 Å². The van der Waals surface area contributed by atoms with Gasteiger partial charge in [-0.1, -0.05) is 12.1 Å². The topological polar surface area (TPSA) is 58.6 Å². The van der Waals surface area contributed by atoms with Crippen LogP contribution in [0.4, 0.5) is 5.69 Å². The molecule has 0 aliphatic carbocycles. The molecule has 1 unspecified atom stereocenters. The molecule has 98 valence electrons. The molecule has 1 saturated heterocycles. The molecule has 1 aromatic rings. The van der Waals surface area contributed by atoms with Gasteiger partial charge in [0.2, 0.25) is 5.91 Å². The molecule has 18 heavy (non-hydrogen) atoms. The van der Waals surface area contributed by atoms with Crippen molar-refractivity contribution in [3.05, 3.63) is 29.8 Å². The first-order valence-electron chi connectivity index (χ1n) is 6.38. The molecule has 2 N–H and O–H groups in total. The smallest absolute Gasteiger partial charge is 0.229 e. The van der Waals surface area contributed by atoms with Crippen LogP contribution in [0.5, 0.6) is 0 Å². The standard InChI is InChI=1S/C14H19NO3/c16-7-2-4-11-3-1-5-13(9-11)15-14(17)12-6-8-18-10-12/h1,3,5,9,12,16H,2,4,6-8,10H2,(H,15,17). The zero-order chi connectivity index (χ0) is 12.8. The SMILES string of the molecule is O=C(Nc1cccc(CCCO)c1)C1CCOC1. The quantitative estimate of drug-likeness (QED) is 0.833. The van der Waals surface area contributed by atoms with Crippen molar-refractivity contribution in [2.45, 2.75) is 19.3 Å². The van der Waals surface area contributed by atoms with Gasteiger partial charge in [-0.25, -0.2) is 0 Å². The molecule has 1 aliphatic heterocycles. The number of anilines is 1. The highest BCUT2D eigenvalue weighted by Gasteiger charge is 2.23. The molecule has 1 atom stereocenters. The largest absolute Gasteiger partial charge is 0.396 e. The highest BCUT2D eigenvalue weighted by Crippen LogP contribution is 2.17. The van der Waals surface area contributed by atoms with Crippen molar-refractivity contribution in [2.75, 3.05) is 25.1 Å². The Morgan fingerprint density at radius 3 is 3.11 bits per heavy atom. The molecule has 0 aromatic heterocycles. The molecule has 1 fully saturated rings. The summed E-state index contributed by atoms with van der Waals surface area (Å²) < 4.78 is 5.20. The van der Waals surface area contributed by atoms with Crippen LogP contribution >= 0.6 is 0 Å². The van der Waals surface area contributed by atoms with Crippen LogP contribution in [-0.2, 0) is 16.0 Å². The maximum absolute atomic E-state index is 11.9. The zero-order valence-electron chi connectivity index (χ0n) is 10.4. The van der Waals surface area contributed by atoms with Gasteiger partial charge < -0.3 is 15.2 Å². The minimum atomic E-state index is -0.0221. The summed E-state index contributed by atoms with van der Waals surface area (Å²) in [5, 5.41) is 11.7. The molecule has 1 heterocycles. The van der Waals surface area contributed by atoms with E-state index in [1.165, 1.54) is 0 Å². The van der Waals surface area contributed by atoms with E-state index < -0.39 is 0 Å². The lowest BCUT2D eigenvalue weighted by molar-refractivity contribution is -0.119. The number of amides is 1. The van der Waals surface area contributed by atoms with Crippen molar-refractivity contribution in [1.29, 1.82) is 0 Å².